The lowest BCUT2D eigenvalue weighted by molar-refractivity contribution is -0.117. The molecule has 0 atom stereocenters. The van der Waals surface area contributed by atoms with Crippen LogP contribution in [-0.2, 0) is 17.6 Å². The number of hydrogen-bond acceptors (Lipinski definition) is 2. The molecule has 0 radical (unpaired) electrons. The SMILES string of the molecule is CC.CC(=O)CCCCCc1ccc(CC(C)C)nc1. The van der Waals surface area contributed by atoms with Gasteiger partial charge in [-0.1, -0.05) is 40.2 Å². The molecular weight excluding hydrogens is 246 g/mol. The van der Waals surface area contributed by atoms with Gasteiger partial charge in [-0.15, -0.1) is 0 Å². The van der Waals surface area contributed by atoms with Gasteiger partial charge in [-0.3, -0.25) is 4.98 Å². The molecule has 0 aromatic carbocycles. The van der Waals surface area contributed by atoms with Gasteiger partial charge in [0.05, 0.1) is 0 Å². The lowest BCUT2D eigenvalue weighted by Gasteiger charge is -2.05. The standard InChI is InChI=1S/C16H25NO.C2H6/c1-13(2)11-16-10-9-15(12-17-16)8-6-4-5-7-14(3)18;1-2/h9-10,12-13H,4-8,11H2,1-3H3;1-2H3. The van der Waals surface area contributed by atoms with Crippen LogP contribution in [0.15, 0.2) is 18.3 Å². The quantitative estimate of drug-likeness (QED) is 0.626. The average molecular weight is 277 g/mol. The summed E-state index contributed by atoms with van der Waals surface area (Å²) in [6.07, 6.45) is 8.17. The van der Waals surface area contributed by atoms with Crippen molar-refractivity contribution in [3.8, 4) is 0 Å². The highest BCUT2D eigenvalue weighted by atomic mass is 16.1. The first kappa shape index (κ1) is 18.8. The molecule has 1 heterocycles. The van der Waals surface area contributed by atoms with Crippen molar-refractivity contribution >= 4 is 5.78 Å². The maximum Gasteiger partial charge on any atom is 0.129 e. The minimum Gasteiger partial charge on any atom is -0.300 e. The number of aryl methyl sites for hydroxylation is 1. The lowest BCUT2D eigenvalue weighted by Crippen LogP contribution is -1.98. The molecule has 0 aliphatic carbocycles. The Morgan fingerprint density at radius 1 is 1.15 bits per heavy atom. The molecule has 0 bridgehead atoms. The third-order valence-corrected chi connectivity index (χ3v) is 3.00. The summed E-state index contributed by atoms with van der Waals surface area (Å²) in [5.41, 5.74) is 2.50. The fourth-order valence-corrected chi connectivity index (χ4v) is 2.02. The number of hydrogen-bond donors (Lipinski definition) is 0. The molecule has 0 saturated heterocycles. The van der Waals surface area contributed by atoms with E-state index in [0.717, 1.165) is 38.5 Å². The molecule has 0 unspecified atom stereocenters. The maximum atomic E-state index is 10.8. The minimum atomic E-state index is 0.301. The molecule has 0 amide bonds. The van der Waals surface area contributed by atoms with Gasteiger partial charge >= 0.3 is 0 Å². The zero-order chi connectivity index (χ0) is 15.4. The first-order chi connectivity index (χ1) is 9.58. The zero-order valence-corrected chi connectivity index (χ0v) is 13.9. The van der Waals surface area contributed by atoms with Crippen molar-refractivity contribution in [2.24, 2.45) is 5.92 Å². The third kappa shape index (κ3) is 9.71. The predicted octanol–water partition coefficient (Wildman–Crippen LogP) is 5.00. The smallest absolute Gasteiger partial charge is 0.129 e. The maximum absolute atomic E-state index is 10.8. The number of pyridine rings is 1. The van der Waals surface area contributed by atoms with E-state index in [1.165, 1.54) is 11.3 Å². The fourth-order valence-electron chi connectivity index (χ4n) is 2.02. The van der Waals surface area contributed by atoms with Crippen LogP contribution in [0.5, 0.6) is 0 Å². The van der Waals surface area contributed by atoms with Crippen LogP contribution in [0.2, 0.25) is 0 Å². The minimum absolute atomic E-state index is 0.301. The Morgan fingerprint density at radius 3 is 2.35 bits per heavy atom. The summed E-state index contributed by atoms with van der Waals surface area (Å²) in [6.45, 7) is 10.1. The molecule has 0 aliphatic heterocycles. The molecule has 0 N–H and O–H groups in total. The molecule has 2 nitrogen and oxygen atoms in total. The number of nitrogens with zero attached hydrogens (tertiary/aromatic N) is 1. The summed E-state index contributed by atoms with van der Waals surface area (Å²) < 4.78 is 0. The molecule has 114 valence electrons. The van der Waals surface area contributed by atoms with Crippen molar-refractivity contribution in [1.29, 1.82) is 0 Å². The normalized spacial score (nSPS) is 10.1. The van der Waals surface area contributed by atoms with E-state index in [9.17, 15) is 4.79 Å². The van der Waals surface area contributed by atoms with E-state index in [2.05, 4.69) is 31.0 Å². The third-order valence-electron chi connectivity index (χ3n) is 3.00. The molecule has 1 aromatic rings. The highest BCUT2D eigenvalue weighted by molar-refractivity contribution is 5.75. The van der Waals surface area contributed by atoms with Gasteiger partial charge in [0.15, 0.2) is 0 Å². The number of Topliss-reactive ketones (excluding diaryl/α,β-unsaturated/α-hetero) is 1. The number of ketones is 1. The lowest BCUT2D eigenvalue weighted by atomic mass is 10.0. The summed E-state index contributed by atoms with van der Waals surface area (Å²) in [7, 11) is 0. The van der Waals surface area contributed by atoms with Gasteiger partial charge in [0.1, 0.15) is 5.78 Å². The first-order valence-corrected chi connectivity index (χ1v) is 8.01. The second-order valence-electron chi connectivity index (χ2n) is 5.52. The van der Waals surface area contributed by atoms with Gasteiger partial charge < -0.3 is 4.79 Å². The van der Waals surface area contributed by atoms with E-state index in [0.29, 0.717) is 11.7 Å². The highest BCUT2D eigenvalue weighted by Gasteiger charge is 2.00. The van der Waals surface area contributed by atoms with Gasteiger partial charge in [-0.25, -0.2) is 0 Å². The monoisotopic (exact) mass is 277 g/mol. The second-order valence-corrected chi connectivity index (χ2v) is 5.52. The summed E-state index contributed by atoms with van der Waals surface area (Å²) >= 11 is 0. The van der Waals surface area contributed by atoms with Crippen LogP contribution in [-0.4, -0.2) is 10.8 Å². The Bertz CT molecular complexity index is 354. The Morgan fingerprint density at radius 2 is 1.85 bits per heavy atom. The van der Waals surface area contributed by atoms with Crippen LogP contribution < -0.4 is 0 Å². The molecule has 0 aliphatic rings. The van der Waals surface area contributed by atoms with E-state index in [-0.39, 0.29) is 0 Å². The number of rotatable bonds is 8. The molecule has 20 heavy (non-hydrogen) atoms. The fraction of sp³-hybridized carbons (Fsp3) is 0.667. The van der Waals surface area contributed by atoms with Crippen molar-refractivity contribution in [2.75, 3.05) is 0 Å². The first-order valence-electron chi connectivity index (χ1n) is 8.01. The van der Waals surface area contributed by atoms with Gasteiger partial charge in [0, 0.05) is 18.3 Å². The van der Waals surface area contributed by atoms with E-state index in [1.54, 1.807) is 6.92 Å². The van der Waals surface area contributed by atoms with Crippen LogP contribution in [0.25, 0.3) is 0 Å². The highest BCUT2D eigenvalue weighted by Crippen LogP contribution is 2.10. The van der Waals surface area contributed by atoms with Gasteiger partial charge in [0.25, 0.3) is 0 Å². The van der Waals surface area contributed by atoms with Crippen molar-refractivity contribution in [3.05, 3.63) is 29.6 Å². The van der Waals surface area contributed by atoms with E-state index in [4.69, 9.17) is 0 Å². The number of carbonyl (C=O) groups is 1. The van der Waals surface area contributed by atoms with Gasteiger partial charge in [-0.2, -0.15) is 0 Å². The Balaban J connectivity index is 0.00000172. The van der Waals surface area contributed by atoms with E-state index in [1.807, 2.05) is 20.0 Å². The average Bonchev–Trinajstić information content (AvgIpc) is 2.41. The Labute approximate surface area is 125 Å². The second kappa shape index (κ2) is 11.6. The van der Waals surface area contributed by atoms with E-state index < -0.39 is 0 Å². The van der Waals surface area contributed by atoms with Crippen molar-refractivity contribution in [2.45, 2.75) is 73.1 Å². The van der Waals surface area contributed by atoms with Crippen LogP contribution >= 0.6 is 0 Å². The van der Waals surface area contributed by atoms with Crippen molar-refractivity contribution in [1.82, 2.24) is 4.98 Å². The molecule has 1 rings (SSSR count). The summed E-state index contributed by atoms with van der Waals surface area (Å²) in [5.74, 6) is 0.963. The summed E-state index contributed by atoms with van der Waals surface area (Å²) in [6, 6.07) is 4.33. The molecule has 0 spiro atoms. The van der Waals surface area contributed by atoms with Crippen molar-refractivity contribution in [3.63, 3.8) is 0 Å². The largest absolute Gasteiger partial charge is 0.300 e. The molecule has 0 saturated carbocycles. The molecule has 2 heteroatoms. The van der Waals surface area contributed by atoms with Gasteiger partial charge in [-0.05, 0) is 50.2 Å². The predicted molar refractivity (Wildman–Crippen MR) is 87.0 cm³/mol. The van der Waals surface area contributed by atoms with Crippen LogP contribution in [0.3, 0.4) is 0 Å². The van der Waals surface area contributed by atoms with Gasteiger partial charge in [0.2, 0.25) is 0 Å². The summed E-state index contributed by atoms with van der Waals surface area (Å²) in [4.78, 5) is 15.3. The molecule has 0 fully saturated rings. The number of aromatic nitrogens is 1. The number of unbranched alkanes of at least 4 members (excludes halogenated alkanes) is 2. The zero-order valence-electron chi connectivity index (χ0n) is 13.9. The topological polar surface area (TPSA) is 30.0 Å². The molecule has 1 aromatic heterocycles. The van der Waals surface area contributed by atoms with Crippen molar-refractivity contribution < 1.29 is 4.79 Å². The molecular formula is C18H31NO. The Hall–Kier alpha value is -1.18. The van der Waals surface area contributed by atoms with Crippen LogP contribution in [0.4, 0.5) is 0 Å². The summed E-state index contributed by atoms with van der Waals surface area (Å²) in [5, 5.41) is 0. The Kier molecular flexibility index (Phi) is 10.9. The number of carbonyl (C=O) groups excluding carboxylic acids is 1. The van der Waals surface area contributed by atoms with E-state index >= 15 is 0 Å². The van der Waals surface area contributed by atoms with Crippen LogP contribution in [0, 0.1) is 5.92 Å². The van der Waals surface area contributed by atoms with Crippen LogP contribution in [0.1, 0.15) is 71.6 Å².